The fourth-order valence-corrected chi connectivity index (χ4v) is 1.33. The fraction of sp³-hybridized carbons (Fsp3) is 0.889. The van der Waals surface area contributed by atoms with Gasteiger partial charge in [0.15, 0.2) is 0 Å². The summed E-state index contributed by atoms with van der Waals surface area (Å²) in [5.41, 5.74) is 0. The summed E-state index contributed by atoms with van der Waals surface area (Å²) in [7, 11) is 0. The molecule has 1 fully saturated rings. The largest absolute Gasteiger partial charge is 0.465 e. The van der Waals surface area contributed by atoms with Crippen LogP contribution in [0, 0.1) is 11.8 Å². The average molecular weight is 156 g/mol. The van der Waals surface area contributed by atoms with Gasteiger partial charge in [0.05, 0.1) is 12.5 Å². The first-order chi connectivity index (χ1) is 5.25. The average Bonchev–Trinajstić information content (AvgIpc) is 1.98. The normalized spacial score (nSPS) is 29.3. The number of carbonyl (C=O) groups is 1. The van der Waals surface area contributed by atoms with E-state index >= 15 is 0 Å². The second kappa shape index (κ2) is 3.74. The van der Waals surface area contributed by atoms with Crippen molar-refractivity contribution in [2.75, 3.05) is 6.61 Å². The smallest absolute Gasteiger partial charge is 0.309 e. The first kappa shape index (κ1) is 8.57. The fourth-order valence-electron chi connectivity index (χ4n) is 1.33. The molecule has 0 aromatic heterocycles. The lowest BCUT2D eigenvalue weighted by Gasteiger charge is -2.31. The standard InChI is InChI=1S/C9H16O2/c1-3-6-11-9(10)8-5-4-7(8)2/h7-8H,3-6H2,1-2H3. The highest BCUT2D eigenvalue weighted by Gasteiger charge is 2.33. The quantitative estimate of drug-likeness (QED) is 0.584. The van der Waals surface area contributed by atoms with Crippen LogP contribution in [0.3, 0.4) is 0 Å². The van der Waals surface area contributed by atoms with Gasteiger partial charge >= 0.3 is 5.97 Å². The van der Waals surface area contributed by atoms with E-state index in [1.165, 1.54) is 6.42 Å². The Kier molecular flexibility index (Phi) is 2.92. The molecule has 0 radical (unpaired) electrons. The van der Waals surface area contributed by atoms with Gasteiger partial charge in [-0.2, -0.15) is 0 Å². The molecule has 1 rings (SSSR count). The molecule has 2 nitrogen and oxygen atoms in total. The van der Waals surface area contributed by atoms with Crippen molar-refractivity contribution in [3.8, 4) is 0 Å². The molecule has 2 atom stereocenters. The number of carbonyl (C=O) groups excluding carboxylic acids is 1. The third kappa shape index (κ3) is 1.95. The number of hydrogen-bond donors (Lipinski definition) is 0. The Balaban J connectivity index is 2.19. The maximum atomic E-state index is 11.2. The lowest BCUT2D eigenvalue weighted by molar-refractivity contribution is -0.154. The summed E-state index contributed by atoms with van der Waals surface area (Å²) in [6.07, 6.45) is 3.14. The summed E-state index contributed by atoms with van der Waals surface area (Å²) in [4.78, 5) is 11.2. The van der Waals surface area contributed by atoms with Crippen LogP contribution in [-0.2, 0) is 9.53 Å². The van der Waals surface area contributed by atoms with E-state index in [0.717, 1.165) is 12.8 Å². The van der Waals surface area contributed by atoms with Crippen molar-refractivity contribution in [1.29, 1.82) is 0 Å². The van der Waals surface area contributed by atoms with E-state index in [1.54, 1.807) is 0 Å². The minimum Gasteiger partial charge on any atom is -0.465 e. The van der Waals surface area contributed by atoms with Crippen LogP contribution in [0.25, 0.3) is 0 Å². The third-order valence-corrected chi connectivity index (χ3v) is 2.37. The van der Waals surface area contributed by atoms with E-state index in [9.17, 15) is 4.79 Å². The Morgan fingerprint density at radius 1 is 1.55 bits per heavy atom. The van der Waals surface area contributed by atoms with E-state index in [2.05, 4.69) is 6.92 Å². The van der Waals surface area contributed by atoms with Gasteiger partial charge in [-0.05, 0) is 25.2 Å². The highest BCUT2D eigenvalue weighted by Crippen LogP contribution is 2.34. The van der Waals surface area contributed by atoms with Crippen LogP contribution in [0.4, 0.5) is 0 Å². The van der Waals surface area contributed by atoms with Gasteiger partial charge in [-0.15, -0.1) is 0 Å². The zero-order valence-corrected chi connectivity index (χ0v) is 7.30. The number of hydrogen-bond acceptors (Lipinski definition) is 2. The van der Waals surface area contributed by atoms with Gasteiger partial charge in [-0.3, -0.25) is 4.79 Å². The second-order valence-corrected chi connectivity index (χ2v) is 3.33. The summed E-state index contributed by atoms with van der Waals surface area (Å²) >= 11 is 0. The molecule has 0 bridgehead atoms. The Morgan fingerprint density at radius 3 is 2.64 bits per heavy atom. The highest BCUT2D eigenvalue weighted by atomic mass is 16.5. The van der Waals surface area contributed by atoms with E-state index in [-0.39, 0.29) is 11.9 Å². The lowest BCUT2D eigenvalue weighted by Crippen LogP contribution is -2.32. The molecule has 0 saturated heterocycles. The highest BCUT2D eigenvalue weighted by molar-refractivity contribution is 5.73. The van der Waals surface area contributed by atoms with E-state index < -0.39 is 0 Å². The van der Waals surface area contributed by atoms with Gasteiger partial charge in [0.1, 0.15) is 0 Å². The molecular formula is C9H16O2. The Morgan fingerprint density at radius 2 is 2.27 bits per heavy atom. The van der Waals surface area contributed by atoms with Crippen molar-refractivity contribution in [2.45, 2.75) is 33.1 Å². The van der Waals surface area contributed by atoms with Crippen LogP contribution in [0.5, 0.6) is 0 Å². The molecule has 1 aliphatic carbocycles. The van der Waals surface area contributed by atoms with Crippen molar-refractivity contribution in [3.63, 3.8) is 0 Å². The lowest BCUT2D eigenvalue weighted by atomic mass is 9.75. The topological polar surface area (TPSA) is 26.3 Å². The van der Waals surface area contributed by atoms with Crippen LogP contribution in [0.1, 0.15) is 33.1 Å². The Labute approximate surface area is 67.9 Å². The molecule has 0 aliphatic heterocycles. The van der Waals surface area contributed by atoms with Crippen LogP contribution >= 0.6 is 0 Å². The van der Waals surface area contributed by atoms with E-state index in [0.29, 0.717) is 12.5 Å². The molecule has 0 aromatic rings. The van der Waals surface area contributed by atoms with Crippen molar-refractivity contribution in [3.05, 3.63) is 0 Å². The van der Waals surface area contributed by atoms with Gasteiger partial charge in [-0.1, -0.05) is 13.8 Å². The second-order valence-electron chi connectivity index (χ2n) is 3.33. The Hall–Kier alpha value is -0.530. The summed E-state index contributed by atoms with van der Waals surface area (Å²) < 4.78 is 5.03. The molecule has 2 unspecified atom stereocenters. The molecular weight excluding hydrogens is 140 g/mol. The summed E-state index contributed by atoms with van der Waals surface area (Å²) in [6.45, 7) is 4.71. The van der Waals surface area contributed by atoms with Gasteiger partial charge in [0.2, 0.25) is 0 Å². The van der Waals surface area contributed by atoms with Crippen LogP contribution in [0.2, 0.25) is 0 Å². The zero-order chi connectivity index (χ0) is 8.27. The van der Waals surface area contributed by atoms with Crippen LogP contribution in [0.15, 0.2) is 0 Å². The SMILES string of the molecule is CCCOC(=O)C1CCC1C. The van der Waals surface area contributed by atoms with Crippen molar-refractivity contribution in [2.24, 2.45) is 11.8 Å². The molecule has 1 aliphatic rings. The minimum absolute atomic E-state index is 0.0191. The van der Waals surface area contributed by atoms with Gasteiger partial charge in [0.25, 0.3) is 0 Å². The van der Waals surface area contributed by atoms with Crippen molar-refractivity contribution >= 4 is 5.97 Å². The van der Waals surface area contributed by atoms with Gasteiger partial charge in [0, 0.05) is 0 Å². The summed E-state index contributed by atoms with van der Waals surface area (Å²) in [5, 5.41) is 0. The van der Waals surface area contributed by atoms with Gasteiger partial charge < -0.3 is 4.74 Å². The number of ether oxygens (including phenoxy) is 1. The number of rotatable bonds is 3. The third-order valence-electron chi connectivity index (χ3n) is 2.37. The molecule has 0 aromatic carbocycles. The predicted octanol–water partition coefficient (Wildman–Crippen LogP) is 1.99. The van der Waals surface area contributed by atoms with Crippen molar-refractivity contribution < 1.29 is 9.53 Å². The Bertz CT molecular complexity index is 142. The van der Waals surface area contributed by atoms with Crippen molar-refractivity contribution in [1.82, 2.24) is 0 Å². The maximum Gasteiger partial charge on any atom is 0.309 e. The zero-order valence-electron chi connectivity index (χ0n) is 7.30. The van der Waals surface area contributed by atoms with E-state index in [4.69, 9.17) is 4.74 Å². The minimum atomic E-state index is 0.0191. The summed E-state index contributed by atoms with van der Waals surface area (Å²) in [5.74, 6) is 0.784. The maximum absolute atomic E-state index is 11.2. The molecule has 0 amide bonds. The first-order valence-corrected chi connectivity index (χ1v) is 4.42. The van der Waals surface area contributed by atoms with Crippen LogP contribution < -0.4 is 0 Å². The summed E-state index contributed by atoms with van der Waals surface area (Å²) in [6, 6.07) is 0. The first-order valence-electron chi connectivity index (χ1n) is 4.42. The van der Waals surface area contributed by atoms with Crippen LogP contribution in [-0.4, -0.2) is 12.6 Å². The molecule has 11 heavy (non-hydrogen) atoms. The molecule has 64 valence electrons. The molecule has 0 spiro atoms. The monoisotopic (exact) mass is 156 g/mol. The molecule has 2 heteroatoms. The molecule has 1 saturated carbocycles. The van der Waals surface area contributed by atoms with E-state index in [1.807, 2.05) is 6.92 Å². The number of esters is 1. The predicted molar refractivity (Wildman–Crippen MR) is 43.1 cm³/mol. The molecule has 0 heterocycles. The molecule has 0 N–H and O–H groups in total. The van der Waals surface area contributed by atoms with Gasteiger partial charge in [-0.25, -0.2) is 0 Å².